The van der Waals surface area contributed by atoms with Crippen molar-refractivity contribution in [3.8, 4) is 0 Å². The summed E-state index contributed by atoms with van der Waals surface area (Å²) in [5.41, 5.74) is 7.60. The van der Waals surface area contributed by atoms with Crippen molar-refractivity contribution < 1.29 is 0 Å². The molecule has 0 fully saturated rings. The third-order valence-electron chi connectivity index (χ3n) is 2.72. The highest BCUT2D eigenvalue weighted by Gasteiger charge is 2.10. The topological polar surface area (TPSA) is 51.8 Å². The molecule has 0 aliphatic heterocycles. The minimum Gasteiger partial charge on any atom is -0.397 e. The molecule has 0 spiro atoms. The monoisotopic (exact) mass is 365 g/mol. The Morgan fingerprint density at radius 1 is 1.10 bits per heavy atom. The van der Waals surface area contributed by atoms with Crippen LogP contribution in [0.4, 0.5) is 5.69 Å². The second-order valence-corrected chi connectivity index (χ2v) is 6.50. The van der Waals surface area contributed by atoms with E-state index in [1.54, 1.807) is 12.4 Å². The maximum absolute atomic E-state index is 6.06. The Balaban J connectivity index is 2.12. The number of rotatable bonds is 2. The van der Waals surface area contributed by atoms with E-state index in [1.807, 2.05) is 30.3 Å². The van der Waals surface area contributed by atoms with Gasteiger partial charge in [-0.2, -0.15) is 0 Å². The van der Waals surface area contributed by atoms with Crippen molar-refractivity contribution in [1.29, 1.82) is 0 Å². The Bertz CT molecular complexity index is 772. The summed E-state index contributed by atoms with van der Waals surface area (Å²) >= 11 is 10.8. The van der Waals surface area contributed by atoms with Crippen LogP contribution in [0.2, 0.25) is 5.02 Å². The van der Waals surface area contributed by atoms with Gasteiger partial charge < -0.3 is 5.73 Å². The van der Waals surface area contributed by atoms with Crippen LogP contribution >= 0.6 is 39.3 Å². The molecule has 3 aromatic rings. The molecule has 2 N–H and O–H groups in total. The number of hydrogen-bond acceptors (Lipinski definition) is 4. The minimum atomic E-state index is 0.615. The lowest BCUT2D eigenvalue weighted by Gasteiger charge is -2.09. The summed E-state index contributed by atoms with van der Waals surface area (Å²) in [5, 5.41) is 2.46. The number of nitrogens with two attached hydrogens (primary N) is 1. The van der Waals surface area contributed by atoms with Crippen molar-refractivity contribution in [1.82, 2.24) is 9.97 Å². The molecule has 3 nitrogen and oxygen atoms in total. The van der Waals surface area contributed by atoms with Gasteiger partial charge in [0.25, 0.3) is 0 Å². The van der Waals surface area contributed by atoms with E-state index in [0.29, 0.717) is 10.7 Å². The second kappa shape index (κ2) is 5.60. The van der Waals surface area contributed by atoms with Crippen LogP contribution in [0.25, 0.3) is 10.9 Å². The molecule has 0 aliphatic rings. The van der Waals surface area contributed by atoms with Gasteiger partial charge in [0.1, 0.15) is 5.03 Å². The number of hydrogen-bond donors (Lipinski definition) is 1. The third-order valence-corrected chi connectivity index (χ3v) is 4.54. The summed E-state index contributed by atoms with van der Waals surface area (Å²) in [7, 11) is 0. The Kier molecular flexibility index (Phi) is 3.83. The van der Waals surface area contributed by atoms with E-state index in [0.717, 1.165) is 25.3 Å². The van der Waals surface area contributed by atoms with Gasteiger partial charge >= 0.3 is 0 Å². The van der Waals surface area contributed by atoms with E-state index in [9.17, 15) is 0 Å². The molecule has 0 amide bonds. The maximum atomic E-state index is 6.06. The molecule has 2 heterocycles. The normalized spacial score (nSPS) is 10.9. The van der Waals surface area contributed by atoms with Crippen molar-refractivity contribution in [2.24, 2.45) is 0 Å². The summed E-state index contributed by atoms with van der Waals surface area (Å²) in [6.07, 6.45) is 3.30. The highest BCUT2D eigenvalue weighted by Crippen LogP contribution is 2.37. The van der Waals surface area contributed by atoms with Crippen LogP contribution in [0, 0.1) is 0 Å². The summed E-state index contributed by atoms with van der Waals surface area (Å²) in [4.78, 5) is 9.57. The lowest BCUT2D eigenvalue weighted by molar-refractivity contribution is 1.13. The highest BCUT2D eigenvalue weighted by molar-refractivity contribution is 9.10. The molecular weight excluding hydrogens is 358 g/mol. The van der Waals surface area contributed by atoms with Crippen LogP contribution in [0.15, 0.2) is 57.1 Å². The average Bonchev–Trinajstić information content (AvgIpc) is 2.44. The van der Waals surface area contributed by atoms with Crippen molar-refractivity contribution in [2.75, 3.05) is 5.73 Å². The fourth-order valence-electron chi connectivity index (χ4n) is 1.80. The first-order valence-electron chi connectivity index (χ1n) is 5.76. The molecule has 0 aliphatic carbocycles. The molecule has 0 bridgehead atoms. The van der Waals surface area contributed by atoms with Crippen molar-refractivity contribution in [2.45, 2.75) is 9.92 Å². The molecule has 0 atom stereocenters. The van der Waals surface area contributed by atoms with Crippen LogP contribution < -0.4 is 5.73 Å². The van der Waals surface area contributed by atoms with E-state index in [2.05, 4.69) is 25.9 Å². The van der Waals surface area contributed by atoms with Crippen LogP contribution in [-0.4, -0.2) is 9.97 Å². The molecule has 1 aromatic carbocycles. The van der Waals surface area contributed by atoms with Crippen LogP contribution in [0.5, 0.6) is 0 Å². The SMILES string of the molecule is Nc1cnc2ccc(Br)cc2c1Sc1ccc(Cl)cn1. The Morgan fingerprint density at radius 3 is 2.70 bits per heavy atom. The fraction of sp³-hybridized carbons (Fsp3) is 0. The quantitative estimate of drug-likeness (QED) is 0.709. The predicted molar refractivity (Wildman–Crippen MR) is 87.2 cm³/mol. The van der Waals surface area contributed by atoms with Gasteiger partial charge in [0.15, 0.2) is 0 Å². The van der Waals surface area contributed by atoms with Gasteiger partial charge in [-0.1, -0.05) is 39.3 Å². The van der Waals surface area contributed by atoms with E-state index < -0.39 is 0 Å². The fourth-order valence-corrected chi connectivity index (χ4v) is 3.16. The van der Waals surface area contributed by atoms with Gasteiger partial charge in [-0.05, 0) is 30.3 Å². The molecule has 2 aromatic heterocycles. The van der Waals surface area contributed by atoms with Crippen LogP contribution in [-0.2, 0) is 0 Å². The van der Waals surface area contributed by atoms with Crippen molar-refractivity contribution >= 4 is 55.9 Å². The zero-order valence-electron chi connectivity index (χ0n) is 10.2. The molecule has 0 saturated heterocycles. The molecule has 0 unspecified atom stereocenters. The Morgan fingerprint density at radius 2 is 1.95 bits per heavy atom. The molecule has 0 saturated carbocycles. The van der Waals surface area contributed by atoms with Crippen LogP contribution in [0.1, 0.15) is 0 Å². The first-order valence-corrected chi connectivity index (χ1v) is 7.75. The number of pyridine rings is 2. The third kappa shape index (κ3) is 2.75. The van der Waals surface area contributed by atoms with Gasteiger partial charge in [0, 0.05) is 21.0 Å². The average molecular weight is 367 g/mol. The van der Waals surface area contributed by atoms with Crippen LogP contribution in [0.3, 0.4) is 0 Å². The lowest BCUT2D eigenvalue weighted by Crippen LogP contribution is -1.93. The lowest BCUT2D eigenvalue weighted by atomic mass is 10.2. The summed E-state index contributed by atoms with van der Waals surface area (Å²) in [6.45, 7) is 0. The number of anilines is 1. The predicted octanol–water partition coefficient (Wildman–Crippen LogP) is 4.78. The number of fused-ring (bicyclic) bond motifs is 1. The van der Waals surface area contributed by atoms with Gasteiger partial charge in [-0.15, -0.1) is 0 Å². The Labute approximate surface area is 133 Å². The molecule has 20 heavy (non-hydrogen) atoms. The zero-order chi connectivity index (χ0) is 14.1. The first kappa shape index (κ1) is 13.7. The smallest absolute Gasteiger partial charge is 0.101 e. The number of nitrogen functional groups attached to an aromatic ring is 1. The molecule has 0 radical (unpaired) electrons. The standard InChI is InChI=1S/C14H9BrClN3S/c15-8-1-3-12-10(5-8)14(11(17)7-18-12)20-13-4-2-9(16)6-19-13/h1-7H,17H2. The largest absolute Gasteiger partial charge is 0.397 e. The van der Waals surface area contributed by atoms with E-state index in [-0.39, 0.29) is 0 Å². The van der Waals surface area contributed by atoms with Gasteiger partial charge in [0.05, 0.1) is 22.4 Å². The van der Waals surface area contributed by atoms with Gasteiger partial charge in [-0.3, -0.25) is 4.98 Å². The summed E-state index contributed by atoms with van der Waals surface area (Å²) in [6, 6.07) is 9.61. The molecular formula is C14H9BrClN3S. The number of nitrogens with zero attached hydrogens (tertiary/aromatic N) is 2. The number of aromatic nitrogens is 2. The maximum Gasteiger partial charge on any atom is 0.101 e. The summed E-state index contributed by atoms with van der Waals surface area (Å²) < 4.78 is 0.989. The molecule has 100 valence electrons. The second-order valence-electron chi connectivity index (χ2n) is 4.12. The minimum absolute atomic E-state index is 0.615. The van der Waals surface area contributed by atoms with E-state index in [4.69, 9.17) is 17.3 Å². The molecule has 3 rings (SSSR count). The van der Waals surface area contributed by atoms with Crippen molar-refractivity contribution in [3.63, 3.8) is 0 Å². The number of halogens is 2. The first-order chi connectivity index (χ1) is 9.63. The molecule has 6 heteroatoms. The Hall–Kier alpha value is -1.30. The van der Waals surface area contributed by atoms with Gasteiger partial charge in [0.2, 0.25) is 0 Å². The zero-order valence-corrected chi connectivity index (χ0v) is 13.3. The van der Waals surface area contributed by atoms with E-state index in [1.165, 1.54) is 11.8 Å². The van der Waals surface area contributed by atoms with Crippen molar-refractivity contribution in [3.05, 3.63) is 52.2 Å². The highest BCUT2D eigenvalue weighted by atomic mass is 79.9. The number of benzene rings is 1. The van der Waals surface area contributed by atoms with E-state index >= 15 is 0 Å². The summed E-state index contributed by atoms with van der Waals surface area (Å²) in [5.74, 6) is 0. The van der Waals surface area contributed by atoms with Gasteiger partial charge in [-0.25, -0.2) is 4.98 Å².